The van der Waals surface area contributed by atoms with Gasteiger partial charge in [0.1, 0.15) is 0 Å². The number of rotatable bonds is 1. The second-order valence-corrected chi connectivity index (χ2v) is 4.97. The molecule has 78 valence electrons. The Morgan fingerprint density at radius 3 is 2.50 bits per heavy atom. The van der Waals surface area contributed by atoms with E-state index in [0.717, 1.165) is 0 Å². The highest BCUT2D eigenvalue weighted by Gasteiger charge is 2.43. The quantitative estimate of drug-likeness (QED) is 0.788. The number of carboxylic acids is 1. The summed E-state index contributed by atoms with van der Waals surface area (Å²) in [6.45, 7) is 5.41. The molecule has 0 unspecified atom stereocenters. The number of halogens is 1. The van der Waals surface area contributed by atoms with Crippen LogP contribution in [0.25, 0.3) is 0 Å². The molecule has 0 spiro atoms. The molecule has 14 heavy (non-hydrogen) atoms. The Morgan fingerprint density at radius 2 is 2.07 bits per heavy atom. The number of Topliss-reactive ketones (excluding diaryl/α,β-unsaturated/α-hetero) is 1. The number of carbonyl (C=O) groups is 2. The van der Waals surface area contributed by atoms with Crippen LogP contribution < -0.4 is 0 Å². The van der Waals surface area contributed by atoms with Crippen LogP contribution in [0.1, 0.15) is 27.2 Å². The number of allylic oxidation sites excluding steroid dienone is 2. The van der Waals surface area contributed by atoms with Crippen LogP contribution in [-0.4, -0.2) is 16.9 Å². The van der Waals surface area contributed by atoms with Crippen molar-refractivity contribution in [2.24, 2.45) is 11.3 Å². The van der Waals surface area contributed by atoms with E-state index in [4.69, 9.17) is 5.11 Å². The molecule has 0 saturated carbocycles. The van der Waals surface area contributed by atoms with Crippen LogP contribution in [0.4, 0.5) is 0 Å². The van der Waals surface area contributed by atoms with Crippen molar-refractivity contribution in [3.05, 3.63) is 10.1 Å². The van der Waals surface area contributed by atoms with Gasteiger partial charge in [0.2, 0.25) is 0 Å². The van der Waals surface area contributed by atoms with E-state index in [1.807, 2.05) is 13.8 Å². The van der Waals surface area contributed by atoms with Gasteiger partial charge in [0, 0.05) is 21.9 Å². The average molecular weight is 261 g/mol. The zero-order chi connectivity index (χ0) is 11.1. The molecule has 0 saturated heterocycles. The van der Waals surface area contributed by atoms with Crippen LogP contribution in [-0.2, 0) is 9.59 Å². The maximum absolute atomic E-state index is 11.5. The number of hydrogen-bond acceptors (Lipinski definition) is 2. The molecular formula is C10H13BrO3. The summed E-state index contributed by atoms with van der Waals surface area (Å²) in [5.74, 6) is -1.62. The van der Waals surface area contributed by atoms with E-state index in [0.29, 0.717) is 10.1 Å². The van der Waals surface area contributed by atoms with Crippen molar-refractivity contribution >= 4 is 27.7 Å². The van der Waals surface area contributed by atoms with Gasteiger partial charge in [0.05, 0.1) is 5.92 Å². The van der Waals surface area contributed by atoms with E-state index >= 15 is 0 Å². The normalized spacial score (nSPS) is 26.6. The SMILES string of the molecule is CC1=C(Br)C(C)(C)[C@H](C(=O)O)CC1=O. The van der Waals surface area contributed by atoms with E-state index < -0.39 is 17.3 Å². The Kier molecular flexibility index (Phi) is 2.86. The zero-order valence-corrected chi connectivity index (χ0v) is 10.0. The highest BCUT2D eigenvalue weighted by molar-refractivity contribution is 9.11. The predicted molar refractivity (Wildman–Crippen MR) is 56.2 cm³/mol. The summed E-state index contributed by atoms with van der Waals surface area (Å²) in [5.41, 5.74) is 0.150. The lowest BCUT2D eigenvalue weighted by Crippen LogP contribution is -2.37. The molecule has 0 bridgehead atoms. The Hall–Kier alpha value is -0.640. The van der Waals surface area contributed by atoms with Crippen LogP contribution in [0.2, 0.25) is 0 Å². The van der Waals surface area contributed by atoms with E-state index in [2.05, 4.69) is 15.9 Å². The molecule has 0 aromatic heterocycles. The fraction of sp³-hybridized carbons (Fsp3) is 0.600. The van der Waals surface area contributed by atoms with Gasteiger partial charge in [-0.1, -0.05) is 29.8 Å². The molecule has 1 N–H and O–H groups in total. The van der Waals surface area contributed by atoms with Gasteiger partial charge >= 0.3 is 5.97 Å². The first-order valence-electron chi connectivity index (χ1n) is 4.41. The summed E-state index contributed by atoms with van der Waals surface area (Å²) in [4.78, 5) is 22.4. The lowest BCUT2D eigenvalue weighted by atomic mass is 9.70. The standard InChI is InChI=1S/C10H13BrO3/c1-5-7(12)4-6(9(13)14)10(2,3)8(5)11/h6H,4H2,1-3H3,(H,13,14)/t6-/m0/s1. The molecule has 1 rings (SSSR count). The van der Waals surface area contributed by atoms with Gasteiger partial charge in [-0.2, -0.15) is 0 Å². The fourth-order valence-corrected chi connectivity index (χ4v) is 2.25. The number of carboxylic acid groups (broad SMARTS) is 1. The third-order valence-electron chi connectivity index (χ3n) is 2.87. The van der Waals surface area contributed by atoms with Gasteiger partial charge in [-0.25, -0.2) is 0 Å². The predicted octanol–water partition coefficient (Wildman–Crippen LogP) is 2.36. The number of carbonyl (C=O) groups excluding carboxylic acids is 1. The molecule has 0 amide bonds. The van der Waals surface area contributed by atoms with Crippen LogP contribution in [0, 0.1) is 11.3 Å². The Balaban J connectivity index is 3.22. The summed E-state index contributed by atoms with van der Waals surface area (Å²) in [6.07, 6.45) is 0.100. The minimum absolute atomic E-state index is 0.0800. The van der Waals surface area contributed by atoms with Gasteiger partial charge in [-0.15, -0.1) is 0 Å². The minimum Gasteiger partial charge on any atom is -0.481 e. The maximum atomic E-state index is 11.5. The van der Waals surface area contributed by atoms with E-state index in [-0.39, 0.29) is 12.2 Å². The van der Waals surface area contributed by atoms with E-state index in [1.165, 1.54) is 0 Å². The number of hydrogen-bond donors (Lipinski definition) is 1. The maximum Gasteiger partial charge on any atom is 0.307 e. The van der Waals surface area contributed by atoms with Crippen molar-refractivity contribution in [1.29, 1.82) is 0 Å². The van der Waals surface area contributed by atoms with Crippen molar-refractivity contribution in [3.63, 3.8) is 0 Å². The third kappa shape index (κ3) is 1.63. The first-order valence-corrected chi connectivity index (χ1v) is 5.20. The number of ketones is 1. The van der Waals surface area contributed by atoms with Gasteiger partial charge in [-0.3, -0.25) is 9.59 Å². The molecule has 0 radical (unpaired) electrons. The largest absolute Gasteiger partial charge is 0.481 e. The second kappa shape index (κ2) is 3.50. The summed E-state index contributed by atoms with van der Waals surface area (Å²) in [7, 11) is 0. The van der Waals surface area contributed by atoms with Crippen LogP contribution >= 0.6 is 15.9 Å². The number of aliphatic carboxylic acids is 1. The Labute approximate surface area is 91.3 Å². The Bertz CT molecular complexity index is 328. The summed E-state index contributed by atoms with van der Waals surface area (Å²) in [6, 6.07) is 0. The molecule has 1 atom stereocenters. The van der Waals surface area contributed by atoms with Crippen LogP contribution in [0.15, 0.2) is 10.1 Å². The first kappa shape index (κ1) is 11.4. The molecule has 1 aliphatic carbocycles. The first-order chi connectivity index (χ1) is 6.28. The summed E-state index contributed by atoms with van der Waals surface area (Å²) in [5, 5.41) is 9.00. The molecule has 4 heteroatoms. The van der Waals surface area contributed by atoms with Gasteiger partial charge in [0.15, 0.2) is 5.78 Å². The van der Waals surface area contributed by atoms with Gasteiger partial charge in [-0.05, 0) is 6.92 Å². The monoisotopic (exact) mass is 260 g/mol. The van der Waals surface area contributed by atoms with Gasteiger partial charge < -0.3 is 5.11 Å². The highest BCUT2D eigenvalue weighted by Crippen LogP contribution is 2.46. The molecule has 0 aromatic rings. The van der Waals surface area contributed by atoms with Crippen molar-refractivity contribution in [2.45, 2.75) is 27.2 Å². The van der Waals surface area contributed by atoms with Crippen molar-refractivity contribution in [1.82, 2.24) is 0 Å². The van der Waals surface area contributed by atoms with Crippen LogP contribution in [0.5, 0.6) is 0 Å². The second-order valence-electron chi connectivity index (χ2n) is 4.18. The summed E-state index contributed by atoms with van der Waals surface area (Å²) >= 11 is 3.32. The van der Waals surface area contributed by atoms with Crippen molar-refractivity contribution in [3.8, 4) is 0 Å². The smallest absolute Gasteiger partial charge is 0.307 e. The molecular weight excluding hydrogens is 248 g/mol. The van der Waals surface area contributed by atoms with Gasteiger partial charge in [0.25, 0.3) is 0 Å². The van der Waals surface area contributed by atoms with E-state index in [1.54, 1.807) is 6.92 Å². The lowest BCUT2D eigenvalue weighted by Gasteiger charge is -2.35. The molecule has 1 aliphatic rings. The topological polar surface area (TPSA) is 54.4 Å². The van der Waals surface area contributed by atoms with Crippen molar-refractivity contribution < 1.29 is 14.7 Å². The molecule has 0 fully saturated rings. The average Bonchev–Trinajstić information content (AvgIpc) is 2.08. The van der Waals surface area contributed by atoms with E-state index in [9.17, 15) is 9.59 Å². The Morgan fingerprint density at radius 1 is 1.57 bits per heavy atom. The van der Waals surface area contributed by atoms with Crippen molar-refractivity contribution in [2.75, 3.05) is 0 Å². The lowest BCUT2D eigenvalue weighted by molar-refractivity contribution is -0.147. The molecule has 0 aromatic carbocycles. The zero-order valence-electron chi connectivity index (χ0n) is 8.43. The molecule has 3 nitrogen and oxygen atoms in total. The highest BCUT2D eigenvalue weighted by atomic mass is 79.9. The molecule has 0 aliphatic heterocycles. The third-order valence-corrected chi connectivity index (χ3v) is 4.49. The summed E-state index contributed by atoms with van der Waals surface area (Å²) < 4.78 is 0.716. The minimum atomic E-state index is -0.909. The van der Waals surface area contributed by atoms with Crippen LogP contribution in [0.3, 0.4) is 0 Å². The fourth-order valence-electron chi connectivity index (χ4n) is 1.75. The molecule has 0 heterocycles.